The van der Waals surface area contributed by atoms with Crippen molar-refractivity contribution in [3.8, 4) is 11.5 Å². The fraction of sp³-hybridized carbons (Fsp3) is 0.115. The van der Waals surface area contributed by atoms with Crippen LogP contribution in [0.1, 0.15) is 21.5 Å². The average molecular weight is 601 g/mol. The zero-order valence-corrected chi connectivity index (χ0v) is 22.1. The molecule has 2 amide bonds. The number of nitrogens with zero attached hydrogens (tertiary/aromatic N) is 2. The number of nitro benzene ring substituents is 1. The van der Waals surface area contributed by atoms with Crippen molar-refractivity contribution in [3.05, 3.63) is 103 Å². The van der Waals surface area contributed by atoms with Crippen molar-refractivity contribution in [2.45, 2.75) is 6.61 Å². The zero-order chi connectivity index (χ0) is 27.4. The van der Waals surface area contributed by atoms with Gasteiger partial charge in [-0.2, -0.15) is 0 Å². The van der Waals surface area contributed by atoms with Crippen molar-refractivity contribution in [3.63, 3.8) is 0 Å². The quantitative estimate of drug-likeness (QED) is 0.127. The number of hydrogen-bond donors (Lipinski definition) is 0. The van der Waals surface area contributed by atoms with E-state index in [1.54, 1.807) is 24.3 Å². The number of nitro groups is 1. The number of Topliss-reactive ketones (excluding diaryl/α,β-unsaturated/α-hetero) is 1. The van der Waals surface area contributed by atoms with Gasteiger partial charge in [0.1, 0.15) is 12.4 Å². The molecule has 0 bridgehead atoms. The third kappa shape index (κ3) is 6.09. The molecule has 9 nitrogen and oxygen atoms in total. The Morgan fingerprint density at radius 3 is 2.55 bits per heavy atom. The SMILES string of the molecule is COc1cc(/C=C2/SC(=O)N(CC(=O)c3ccc([N+](=O)[O-])cc3)C2=O)cc(Br)c1OCc1cccc(F)c1. The summed E-state index contributed by atoms with van der Waals surface area (Å²) in [6.07, 6.45) is 1.49. The number of carbonyl (C=O) groups is 3. The van der Waals surface area contributed by atoms with E-state index in [-0.39, 0.29) is 28.6 Å². The normalized spacial score (nSPS) is 14.2. The van der Waals surface area contributed by atoms with E-state index in [2.05, 4.69) is 15.9 Å². The average Bonchev–Trinajstić information content (AvgIpc) is 3.15. The Morgan fingerprint density at radius 2 is 1.89 bits per heavy atom. The number of imide groups is 1. The largest absolute Gasteiger partial charge is 0.493 e. The predicted molar refractivity (Wildman–Crippen MR) is 142 cm³/mol. The van der Waals surface area contributed by atoms with Crippen LogP contribution in [0.15, 0.2) is 70.0 Å². The van der Waals surface area contributed by atoms with E-state index in [1.807, 2.05) is 0 Å². The molecule has 0 radical (unpaired) electrons. The summed E-state index contributed by atoms with van der Waals surface area (Å²) in [6, 6.07) is 14.2. The number of non-ortho nitro benzene ring substituents is 1. The van der Waals surface area contributed by atoms with Gasteiger partial charge in [0.15, 0.2) is 17.3 Å². The van der Waals surface area contributed by atoms with Crippen molar-refractivity contribution < 1.29 is 33.2 Å². The number of ketones is 1. The molecular weight excluding hydrogens is 583 g/mol. The van der Waals surface area contributed by atoms with Crippen molar-refractivity contribution in [1.82, 2.24) is 4.90 Å². The van der Waals surface area contributed by atoms with Crippen LogP contribution in [0.25, 0.3) is 6.08 Å². The van der Waals surface area contributed by atoms with E-state index >= 15 is 0 Å². The lowest BCUT2D eigenvalue weighted by atomic mass is 10.1. The fourth-order valence-corrected chi connectivity index (χ4v) is 4.95. The maximum Gasteiger partial charge on any atom is 0.293 e. The summed E-state index contributed by atoms with van der Waals surface area (Å²) in [5.74, 6) is -0.842. The van der Waals surface area contributed by atoms with Gasteiger partial charge in [-0.15, -0.1) is 0 Å². The topological polar surface area (TPSA) is 116 Å². The molecular formula is C26H18BrFN2O7S. The first-order chi connectivity index (χ1) is 18.2. The number of thioether (sulfide) groups is 1. The molecule has 194 valence electrons. The second-order valence-corrected chi connectivity index (χ2v) is 9.80. The van der Waals surface area contributed by atoms with Crippen LogP contribution in [0.3, 0.4) is 0 Å². The summed E-state index contributed by atoms with van der Waals surface area (Å²) in [5.41, 5.74) is 1.11. The van der Waals surface area contributed by atoms with Crippen LogP contribution < -0.4 is 9.47 Å². The summed E-state index contributed by atoms with van der Waals surface area (Å²) in [5, 5.41) is 10.2. The molecule has 12 heteroatoms. The molecule has 0 unspecified atom stereocenters. The summed E-state index contributed by atoms with van der Waals surface area (Å²) >= 11 is 4.11. The maximum atomic E-state index is 13.5. The molecule has 0 aromatic heterocycles. The summed E-state index contributed by atoms with van der Waals surface area (Å²) in [4.78, 5) is 49.1. The molecule has 1 aliphatic rings. The van der Waals surface area contributed by atoms with Crippen LogP contribution >= 0.6 is 27.7 Å². The molecule has 3 aromatic rings. The lowest BCUT2D eigenvalue weighted by Crippen LogP contribution is -2.33. The van der Waals surface area contributed by atoms with Crippen LogP contribution in [0, 0.1) is 15.9 Å². The van der Waals surface area contributed by atoms with Gasteiger partial charge in [-0.25, -0.2) is 4.39 Å². The van der Waals surface area contributed by atoms with E-state index < -0.39 is 28.4 Å². The standard InChI is InChI=1S/C26H18BrFN2O7S/c1-36-22-11-16(10-20(27)24(22)37-14-15-3-2-4-18(28)9-15)12-23-25(32)29(26(33)38-23)13-21(31)17-5-7-19(8-6-17)30(34)35/h2-12H,13-14H2,1H3/b23-12+. The van der Waals surface area contributed by atoms with Gasteiger partial charge in [0.05, 0.1) is 28.0 Å². The highest BCUT2D eigenvalue weighted by Crippen LogP contribution is 2.39. The number of hydrogen-bond acceptors (Lipinski definition) is 8. The fourth-order valence-electron chi connectivity index (χ4n) is 3.54. The summed E-state index contributed by atoms with van der Waals surface area (Å²) in [7, 11) is 1.44. The number of carbonyl (C=O) groups excluding carboxylic acids is 3. The summed E-state index contributed by atoms with van der Waals surface area (Å²) in [6.45, 7) is -0.409. The molecule has 38 heavy (non-hydrogen) atoms. The minimum Gasteiger partial charge on any atom is -0.493 e. The molecule has 4 rings (SSSR count). The third-order valence-corrected chi connectivity index (χ3v) is 6.89. The number of ether oxygens (including phenoxy) is 2. The first kappa shape index (κ1) is 27.0. The number of methoxy groups -OCH3 is 1. The van der Waals surface area contributed by atoms with E-state index in [4.69, 9.17) is 9.47 Å². The Morgan fingerprint density at radius 1 is 1.16 bits per heavy atom. The van der Waals surface area contributed by atoms with Gasteiger partial charge in [0.2, 0.25) is 0 Å². The van der Waals surface area contributed by atoms with Crippen LogP contribution in [-0.2, 0) is 11.4 Å². The lowest BCUT2D eigenvalue weighted by molar-refractivity contribution is -0.384. The number of amides is 2. The smallest absolute Gasteiger partial charge is 0.293 e. The monoisotopic (exact) mass is 600 g/mol. The van der Waals surface area contributed by atoms with Gasteiger partial charge in [-0.05, 0) is 81.3 Å². The first-order valence-electron chi connectivity index (χ1n) is 10.9. The van der Waals surface area contributed by atoms with Gasteiger partial charge < -0.3 is 9.47 Å². The molecule has 1 aliphatic heterocycles. The number of rotatable bonds is 9. The van der Waals surface area contributed by atoms with Crippen LogP contribution in [0.2, 0.25) is 0 Å². The highest BCUT2D eigenvalue weighted by atomic mass is 79.9. The molecule has 1 saturated heterocycles. The Kier molecular flexibility index (Phi) is 8.23. The second kappa shape index (κ2) is 11.6. The molecule has 0 saturated carbocycles. The van der Waals surface area contributed by atoms with Gasteiger partial charge in [-0.3, -0.25) is 29.4 Å². The Bertz CT molecular complexity index is 1480. The van der Waals surface area contributed by atoms with E-state index in [9.17, 15) is 28.9 Å². The van der Waals surface area contributed by atoms with Gasteiger partial charge in [0, 0.05) is 17.7 Å². The highest BCUT2D eigenvalue weighted by Gasteiger charge is 2.36. The molecule has 1 heterocycles. The zero-order valence-electron chi connectivity index (χ0n) is 19.7. The van der Waals surface area contributed by atoms with Crippen LogP contribution in [0.4, 0.5) is 14.9 Å². The van der Waals surface area contributed by atoms with Crippen molar-refractivity contribution >= 4 is 56.4 Å². The maximum absolute atomic E-state index is 13.5. The highest BCUT2D eigenvalue weighted by molar-refractivity contribution is 9.10. The Balaban J connectivity index is 1.49. The Labute approximate surface area is 228 Å². The second-order valence-electron chi connectivity index (χ2n) is 7.95. The lowest BCUT2D eigenvalue weighted by Gasteiger charge is -2.14. The minimum absolute atomic E-state index is 0.0910. The van der Waals surface area contributed by atoms with Crippen molar-refractivity contribution in [1.29, 1.82) is 0 Å². The van der Waals surface area contributed by atoms with Crippen LogP contribution in [-0.4, -0.2) is 40.4 Å². The van der Waals surface area contributed by atoms with Gasteiger partial charge in [-0.1, -0.05) is 12.1 Å². The van der Waals surface area contributed by atoms with Gasteiger partial charge >= 0.3 is 0 Å². The molecule has 0 aliphatic carbocycles. The van der Waals surface area contributed by atoms with E-state index in [0.29, 0.717) is 38.9 Å². The van der Waals surface area contributed by atoms with E-state index in [0.717, 1.165) is 4.90 Å². The molecule has 3 aromatic carbocycles. The van der Waals surface area contributed by atoms with Crippen molar-refractivity contribution in [2.75, 3.05) is 13.7 Å². The van der Waals surface area contributed by atoms with Crippen LogP contribution in [0.5, 0.6) is 11.5 Å². The first-order valence-corrected chi connectivity index (χ1v) is 12.5. The number of halogens is 2. The Hall–Kier alpha value is -4.03. The predicted octanol–water partition coefficient (Wildman–Crippen LogP) is 6.00. The number of benzene rings is 3. The molecule has 0 spiro atoms. The van der Waals surface area contributed by atoms with Crippen molar-refractivity contribution in [2.24, 2.45) is 0 Å². The third-order valence-electron chi connectivity index (χ3n) is 5.40. The van der Waals surface area contributed by atoms with Gasteiger partial charge in [0.25, 0.3) is 16.8 Å². The molecule has 0 N–H and O–H groups in total. The minimum atomic E-state index is -0.642. The summed E-state index contributed by atoms with van der Waals surface area (Å²) < 4.78 is 25.2. The molecule has 1 fully saturated rings. The molecule has 0 atom stereocenters. The van der Waals surface area contributed by atoms with E-state index in [1.165, 1.54) is 49.6 Å².